The fourth-order valence-electron chi connectivity index (χ4n) is 2.27. The molecule has 2 aromatic carbocycles. The maximum Gasteiger partial charge on any atom is 0.338 e. The Bertz CT molecular complexity index is 845. The van der Waals surface area contributed by atoms with Crippen molar-refractivity contribution < 1.29 is 9.53 Å². The van der Waals surface area contributed by atoms with Crippen LogP contribution in [0.25, 0.3) is 11.0 Å². The van der Waals surface area contributed by atoms with Crippen LogP contribution in [0.3, 0.4) is 0 Å². The number of imidazole rings is 1. The van der Waals surface area contributed by atoms with Gasteiger partial charge in [0, 0.05) is 11.0 Å². The van der Waals surface area contributed by atoms with Crippen LogP contribution in [-0.4, -0.2) is 22.5 Å². The molecule has 0 saturated carbocycles. The number of carbonyl (C=O) groups is 1. The second-order valence-electron chi connectivity index (χ2n) is 5.02. The highest BCUT2D eigenvalue weighted by atomic mass is 79.9. The first-order valence-electron chi connectivity index (χ1n) is 7.31. The van der Waals surface area contributed by atoms with E-state index in [0.717, 1.165) is 21.1 Å². The van der Waals surface area contributed by atoms with Crippen LogP contribution < -0.4 is 5.32 Å². The predicted octanol–water partition coefficient (Wildman–Crippen LogP) is 4.11. The number of aromatic nitrogens is 2. The van der Waals surface area contributed by atoms with Crippen LogP contribution in [0.5, 0.6) is 0 Å². The highest BCUT2D eigenvalue weighted by molar-refractivity contribution is 9.10. The van der Waals surface area contributed by atoms with Crippen LogP contribution in [0.4, 0.5) is 5.95 Å². The predicted molar refractivity (Wildman–Crippen MR) is 93.5 cm³/mol. The maximum atomic E-state index is 11.8. The fourth-order valence-corrected chi connectivity index (χ4v) is 2.71. The number of nitrogens with one attached hydrogen (secondary N) is 2. The Morgan fingerprint density at radius 3 is 2.96 bits per heavy atom. The minimum Gasteiger partial charge on any atom is -0.462 e. The van der Waals surface area contributed by atoms with Crippen molar-refractivity contribution in [3.05, 3.63) is 58.1 Å². The van der Waals surface area contributed by atoms with E-state index in [2.05, 4.69) is 37.3 Å². The van der Waals surface area contributed by atoms with Gasteiger partial charge in [-0.2, -0.15) is 0 Å². The van der Waals surface area contributed by atoms with Crippen molar-refractivity contribution in [2.75, 3.05) is 11.9 Å². The van der Waals surface area contributed by atoms with Crippen LogP contribution in [0, 0.1) is 0 Å². The number of H-pyrrole nitrogens is 1. The van der Waals surface area contributed by atoms with E-state index in [1.54, 1.807) is 19.1 Å². The molecule has 0 aliphatic carbocycles. The molecule has 0 amide bonds. The van der Waals surface area contributed by atoms with Crippen LogP contribution >= 0.6 is 15.9 Å². The lowest BCUT2D eigenvalue weighted by atomic mass is 10.2. The summed E-state index contributed by atoms with van der Waals surface area (Å²) in [7, 11) is 0. The highest BCUT2D eigenvalue weighted by Crippen LogP contribution is 2.18. The van der Waals surface area contributed by atoms with E-state index >= 15 is 0 Å². The van der Waals surface area contributed by atoms with E-state index < -0.39 is 0 Å². The van der Waals surface area contributed by atoms with Crippen molar-refractivity contribution >= 4 is 38.9 Å². The van der Waals surface area contributed by atoms with Gasteiger partial charge in [0.05, 0.1) is 23.2 Å². The third-order valence-corrected chi connectivity index (χ3v) is 3.84. The molecule has 0 bridgehead atoms. The van der Waals surface area contributed by atoms with Crippen LogP contribution in [0.1, 0.15) is 22.8 Å². The monoisotopic (exact) mass is 373 g/mol. The third kappa shape index (κ3) is 3.71. The molecule has 3 aromatic rings. The first-order valence-corrected chi connectivity index (χ1v) is 8.10. The molecular formula is C17H16BrN3O2. The quantitative estimate of drug-likeness (QED) is 0.660. The smallest absolute Gasteiger partial charge is 0.338 e. The number of benzene rings is 2. The molecule has 118 valence electrons. The summed E-state index contributed by atoms with van der Waals surface area (Å²) in [5.41, 5.74) is 3.26. The fraction of sp³-hybridized carbons (Fsp3) is 0.176. The lowest BCUT2D eigenvalue weighted by Gasteiger charge is -2.03. The summed E-state index contributed by atoms with van der Waals surface area (Å²) in [5, 5.41) is 3.25. The van der Waals surface area contributed by atoms with Crippen molar-refractivity contribution in [3.8, 4) is 0 Å². The van der Waals surface area contributed by atoms with Crippen molar-refractivity contribution in [1.82, 2.24) is 9.97 Å². The molecule has 23 heavy (non-hydrogen) atoms. The number of aromatic amines is 1. The number of ether oxygens (including phenoxy) is 1. The van der Waals surface area contributed by atoms with Crippen molar-refractivity contribution in [1.29, 1.82) is 0 Å². The van der Waals surface area contributed by atoms with Crippen molar-refractivity contribution in [2.24, 2.45) is 0 Å². The molecule has 1 aromatic heterocycles. The molecule has 1 heterocycles. The van der Waals surface area contributed by atoms with E-state index in [-0.39, 0.29) is 5.97 Å². The number of carbonyl (C=O) groups excluding carboxylic acids is 1. The zero-order valence-corrected chi connectivity index (χ0v) is 14.2. The summed E-state index contributed by atoms with van der Waals surface area (Å²) in [6.45, 7) is 2.81. The number of fused-ring (bicyclic) bond motifs is 1. The molecule has 0 spiro atoms. The van der Waals surface area contributed by atoms with Gasteiger partial charge in [-0.15, -0.1) is 0 Å². The Labute approximate surface area is 142 Å². The summed E-state index contributed by atoms with van der Waals surface area (Å²) in [6.07, 6.45) is 0. The normalized spacial score (nSPS) is 10.7. The van der Waals surface area contributed by atoms with E-state index in [9.17, 15) is 4.79 Å². The Kier molecular flexibility index (Phi) is 4.62. The number of hydrogen-bond donors (Lipinski definition) is 2. The Morgan fingerprint density at radius 2 is 2.17 bits per heavy atom. The van der Waals surface area contributed by atoms with Crippen LogP contribution in [0.15, 0.2) is 46.9 Å². The van der Waals surface area contributed by atoms with E-state index in [4.69, 9.17) is 4.74 Å². The molecule has 0 aliphatic heterocycles. The van der Waals surface area contributed by atoms with Gasteiger partial charge < -0.3 is 15.0 Å². The largest absolute Gasteiger partial charge is 0.462 e. The molecule has 0 aliphatic rings. The SMILES string of the molecule is CCOC(=O)c1ccc2nc(NCc3cccc(Br)c3)[nH]c2c1. The van der Waals surface area contributed by atoms with Crippen molar-refractivity contribution in [3.63, 3.8) is 0 Å². The van der Waals surface area contributed by atoms with Crippen molar-refractivity contribution in [2.45, 2.75) is 13.5 Å². The molecule has 0 saturated heterocycles. The first-order chi connectivity index (χ1) is 11.2. The van der Waals surface area contributed by atoms with Gasteiger partial charge in [0.25, 0.3) is 0 Å². The average Bonchev–Trinajstić information content (AvgIpc) is 2.95. The molecule has 0 unspecified atom stereocenters. The van der Waals surface area contributed by atoms with Crippen LogP contribution in [0.2, 0.25) is 0 Å². The van der Waals surface area contributed by atoms with Gasteiger partial charge in [0.1, 0.15) is 0 Å². The number of nitrogens with zero attached hydrogens (tertiary/aromatic N) is 1. The molecule has 2 N–H and O–H groups in total. The average molecular weight is 374 g/mol. The lowest BCUT2D eigenvalue weighted by Crippen LogP contribution is -2.04. The molecular weight excluding hydrogens is 358 g/mol. The lowest BCUT2D eigenvalue weighted by molar-refractivity contribution is 0.0526. The van der Waals surface area contributed by atoms with Gasteiger partial charge in [0.2, 0.25) is 5.95 Å². The Morgan fingerprint density at radius 1 is 1.30 bits per heavy atom. The highest BCUT2D eigenvalue weighted by Gasteiger charge is 2.09. The second kappa shape index (κ2) is 6.83. The number of halogens is 1. The molecule has 0 fully saturated rings. The molecule has 0 radical (unpaired) electrons. The number of anilines is 1. The number of hydrogen-bond acceptors (Lipinski definition) is 4. The van der Waals surface area contributed by atoms with Crippen LogP contribution in [-0.2, 0) is 11.3 Å². The van der Waals surface area contributed by atoms with Gasteiger partial charge in [0.15, 0.2) is 0 Å². The second-order valence-corrected chi connectivity index (χ2v) is 5.94. The van der Waals surface area contributed by atoms with E-state index in [0.29, 0.717) is 24.7 Å². The summed E-state index contributed by atoms with van der Waals surface area (Å²) >= 11 is 3.46. The summed E-state index contributed by atoms with van der Waals surface area (Å²) in [6, 6.07) is 13.4. The first kappa shape index (κ1) is 15.6. The van der Waals surface area contributed by atoms with Gasteiger partial charge in [-0.1, -0.05) is 28.1 Å². The minimum atomic E-state index is -0.326. The van der Waals surface area contributed by atoms with Gasteiger partial charge in [-0.3, -0.25) is 0 Å². The van der Waals surface area contributed by atoms with Gasteiger partial charge >= 0.3 is 5.97 Å². The van der Waals surface area contributed by atoms with E-state index in [1.165, 1.54) is 0 Å². The molecule has 6 heteroatoms. The third-order valence-electron chi connectivity index (χ3n) is 3.34. The Balaban J connectivity index is 1.76. The topological polar surface area (TPSA) is 67.0 Å². The molecule has 0 atom stereocenters. The van der Waals surface area contributed by atoms with Gasteiger partial charge in [-0.25, -0.2) is 9.78 Å². The number of rotatable bonds is 5. The van der Waals surface area contributed by atoms with E-state index in [1.807, 2.05) is 24.3 Å². The molecule has 3 rings (SSSR count). The summed E-state index contributed by atoms with van der Waals surface area (Å²) in [5.74, 6) is 0.341. The van der Waals surface area contributed by atoms with Gasteiger partial charge in [-0.05, 0) is 42.8 Å². The zero-order chi connectivity index (χ0) is 16.2. The summed E-state index contributed by atoms with van der Waals surface area (Å²) in [4.78, 5) is 19.4. The Hall–Kier alpha value is -2.34. The molecule has 5 nitrogen and oxygen atoms in total. The zero-order valence-electron chi connectivity index (χ0n) is 12.6. The number of esters is 1. The maximum absolute atomic E-state index is 11.8. The minimum absolute atomic E-state index is 0.326. The summed E-state index contributed by atoms with van der Waals surface area (Å²) < 4.78 is 6.05. The standard InChI is InChI=1S/C17H16BrN3O2/c1-2-23-16(22)12-6-7-14-15(9-12)21-17(20-14)19-10-11-4-3-5-13(18)8-11/h3-9H,2,10H2,1H3,(H2,19,20,21).